The minimum Gasteiger partial charge on any atom is -0.365 e. The Morgan fingerprint density at radius 3 is 2.90 bits per heavy atom. The second kappa shape index (κ2) is 1.31. The standard InChI is InChI=1S/C9H11N/c1-5-9-7-2-6(3-7)8(9)4-10-5/h4,6-7,10H,2-3H2,1H3. The van der Waals surface area contributed by atoms with Gasteiger partial charge in [-0.25, -0.2) is 0 Å². The molecule has 0 aliphatic heterocycles. The Bertz CT molecular complexity index is 279. The quantitative estimate of drug-likeness (QED) is 0.559. The topological polar surface area (TPSA) is 15.8 Å². The second-order valence-electron chi connectivity index (χ2n) is 3.65. The van der Waals surface area contributed by atoms with E-state index in [2.05, 4.69) is 18.1 Å². The summed E-state index contributed by atoms with van der Waals surface area (Å²) in [5.41, 5.74) is 4.70. The van der Waals surface area contributed by atoms with Gasteiger partial charge in [-0.05, 0) is 42.7 Å². The smallest absolute Gasteiger partial charge is 0.0153 e. The molecule has 1 N–H and O–H groups in total. The van der Waals surface area contributed by atoms with Gasteiger partial charge in [-0.3, -0.25) is 0 Å². The molecule has 0 atom stereocenters. The van der Waals surface area contributed by atoms with Gasteiger partial charge in [0.2, 0.25) is 0 Å². The van der Waals surface area contributed by atoms with Gasteiger partial charge in [0.15, 0.2) is 0 Å². The number of hydrogen-bond donors (Lipinski definition) is 1. The van der Waals surface area contributed by atoms with Crippen molar-refractivity contribution in [1.29, 1.82) is 0 Å². The van der Waals surface area contributed by atoms with E-state index in [9.17, 15) is 0 Å². The summed E-state index contributed by atoms with van der Waals surface area (Å²) in [6.07, 6.45) is 5.10. The van der Waals surface area contributed by atoms with Gasteiger partial charge in [0.25, 0.3) is 0 Å². The Kier molecular flexibility index (Phi) is 0.657. The number of aryl methyl sites for hydroxylation is 1. The van der Waals surface area contributed by atoms with Crippen molar-refractivity contribution in [3.05, 3.63) is 23.0 Å². The van der Waals surface area contributed by atoms with Gasteiger partial charge in [0.1, 0.15) is 0 Å². The highest BCUT2D eigenvalue weighted by molar-refractivity contribution is 5.46. The molecule has 1 aromatic rings. The molecule has 0 radical (unpaired) electrons. The molecular formula is C9H11N. The van der Waals surface area contributed by atoms with Crippen molar-refractivity contribution in [2.75, 3.05) is 0 Å². The molecule has 0 unspecified atom stereocenters. The molecule has 0 saturated heterocycles. The molecule has 1 aromatic heterocycles. The normalized spacial score (nSPS) is 33.7. The lowest BCUT2D eigenvalue weighted by Gasteiger charge is -2.23. The first-order valence-corrected chi connectivity index (χ1v) is 4.04. The van der Waals surface area contributed by atoms with E-state index in [-0.39, 0.29) is 0 Å². The summed E-state index contributed by atoms with van der Waals surface area (Å²) >= 11 is 0. The fraction of sp³-hybridized carbons (Fsp3) is 0.556. The zero-order chi connectivity index (χ0) is 6.72. The summed E-state index contributed by atoms with van der Waals surface area (Å²) in [6.45, 7) is 2.19. The summed E-state index contributed by atoms with van der Waals surface area (Å²) in [5, 5.41) is 0. The molecular weight excluding hydrogens is 122 g/mol. The summed E-state index contributed by atoms with van der Waals surface area (Å²) in [6, 6.07) is 0. The number of aromatic amines is 1. The number of rotatable bonds is 0. The van der Waals surface area contributed by atoms with Crippen LogP contribution in [0.1, 0.15) is 41.5 Å². The maximum atomic E-state index is 3.30. The van der Waals surface area contributed by atoms with Crippen molar-refractivity contribution in [2.24, 2.45) is 0 Å². The van der Waals surface area contributed by atoms with Crippen molar-refractivity contribution < 1.29 is 0 Å². The van der Waals surface area contributed by atoms with Crippen LogP contribution < -0.4 is 0 Å². The minimum absolute atomic E-state index is 0.935. The van der Waals surface area contributed by atoms with E-state index in [1.165, 1.54) is 18.5 Å². The lowest BCUT2D eigenvalue weighted by molar-refractivity contribution is 0.402. The Morgan fingerprint density at radius 2 is 2.20 bits per heavy atom. The summed E-state index contributed by atoms with van der Waals surface area (Å²) in [4.78, 5) is 3.30. The minimum atomic E-state index is 0.935. The first kappa shape index (κ1) is 5.00. The third-order valence-corrected chi connectivity index (χ3v) is 3.15. The van der Waals surface area contributed by atoms with Crippen molar-refractivity contribution in [3.63, 3.8) is 0 Å². The molecule has 10 heavy (non-hydrogen) atoms. The van der Waals surface area contributed by atoms with Gasteiger partial charge in [0.05, 0.1) is 0 Å². The molecule has 1 nitrogen and oxygen atoms in total. The van der Waals surface area contributed by atoms with Crippen LogP contribution in [-0.4, -0.2) is 4.98 Å². The maximum absolute atomic E-state index is 3.30. The largest absolute Gasteiger partial charge is 0.365 e. The summed E-state index contributed by atoms with van der Waals surface area (Å²) < 4.78 is 0. The Labute approximate surface area is 60.5 Å². The van der Waals surface area contributed by atoms with E-state index in [1.54, 1.807) is 11.1 Å². The highest BCUT2D eigenvalue weighted by atomic mass is 14.7. The first-order chi connectivity index (χ1) is 4.86. The van der Waals surface area contributed by atoms with Crippen molar-refractivity contribution in [3.8, 4) is 0 Å². The number of H-pyrrole nitrogens is 1. The molecule has 0 spiro atoms. The fourth-order valence-corrected chi connectivity index (χ4v) is 2.55. The second-order valence-corrected chi connectivity index (χ2v) is 3.65. The molecule has 1 heterocycles. The van der Waals surface area contributed by atoms with Gasteiger partial charge in [-0.1, -0.05) is 0 Å². The molecule has 52 valence electrons. The van der Waals surface area contributed by atoms with E-state index in [0.717, 1.165) is 11.8 Å². The molecule has 0 aromatic carbocycles. The Hall–Kier alpha value is -0.720. The van der Waals surface area contributed by atoms with Gasteiger partial charge >= 0.3 is 0 Å². The summed E-state index contributed by atoms with van der Waals surface area (Å²) in [7, 11) is 0. The predicted molar refractivity (Wildman–Crippen MR) is 40.2 cm³/mol. The SMILES string of the molecule is Cc1[nH]cc2c1C1CC2C1. The van der Waals surface area contributed by atoms with Gasteiger partial charge in [-0.2, -0.15) is 0 Å². The molecule has 1 heteroatoms. The van der Waals surface area contributed by atoms with Gasteiger partial charge < -0.3 is 4.98 Å². The zero-order valence-electron chi connectivity index (χ0n) is 6.15. The highest BCUT2D eigenvalue weighted by Gasteiger charge is 2.43. The fourth-order valence-electron chi connectivity index (χ4n) is 2.55. The zero-order valence-corrected chi connectivity index (χ0v) is 6.15. The average molecular weight is 133 g/mol. The van der Waals surface area contributed by atoms with Crippen LogP contribution in [0.3, 0.4) is 0 Å². The van der Waals surface area contributed by atoms with E-state index < -0.39 is 0 Å². The predicted octanol–water partition coefficient (Wildman–Crippen LogP) is 2.30. The number of nitrogens with one attached hydrogen (secondary N) is 1. The van der Waals surface area contributed by atoms with Crippen LogP contribution in [0.2, 0.25) is 0 Å². The molecule has 1 saturated carbocycles. The molecule has 2 bridgehead atoms. The molecule has 4 rings (SSSR count). The van der Waals surface area contributed by atoms with Crippen LogP contribution in [-0.2, 0) is 0 Å². The monoisotopic (exact) mass is 133 g/mol. The van der Waals surface area contributed by atoms with Crippen LogP contribution in [0.15, 0.2) is 6.20 Å². The third kappa shape index (κ3) is 0.359. The van der Waals surface area contributed by atoms with Gasteiger partial charge in [0, 0.05) is 11.9 Å². The van der Waals surface area contributed by atoms with Crippen molar-refractivity contribution in [1.82, 2.24) is 4.98 Å². The van der Waals surface area contributed by atoms with E-state index in [4.69, 9.17) is 0 Å². The van der Waals surface area contributed by atoms with Crippen LogP contribution in [0.25, 0.3) is 0 Å². The molecule has 3 aliphatic rings. The maximum Gasteiger partial charge on any atom is 0.0153 e. The highest BCUT2D eigenvalue weighted by Crippen LogP contribution is 2.58. The number of hydrogen-bond acceptors (Lipinski definition) is 0. The molecule has 0 amide bonds. The van der Waals surface area contributed by atoms with Crippen molar-refractivity contribution in [2.45, 2.75) is 31.6 Å². The third-order valence-electron chi connectivity index (χ3n) is 3.15. The van der Waals surface area contributed by atoms with Crippen LogP contribution in [0.5, 0.6) is 0 Å². The summed E-state index contributed by atoms with van der Waals surface area (Å²) in [5.74, 6) is 1.87. The van der Waals surface area contributed by atoms with Crippen LogP contribution in [0.4, 0.5) is 0 Å². The van der Waals surface area contributed by atoms with E-state index in [1.807, 2.05) is 0 Å². The Morgan fingerprint density at radius 1 is 1.40 bits per heavy atom. The lowest BCUT2D eigenvalue weighted by atomic mass is 9.81. The molecule has 1 fully saturated rings. The van der Waals surface area contributed by atoms with Crippen molar-refractivity contribution >= 4 is 0 Å². The van der Waals surface area contributed by atoms with Crippen LogP contribution in [0, 0.1) is 6.92 Å². The van der Waals surface area contributed by atoms with E-state index >= 15 is 0 Å². The van der Waals surface area contributed by atoms with Crippen LogP contribution >= 0.6 is 0 Å². The average Bonchev–Trinajstić information content (AvgIpc) is 2.35. The van der Waals surface area contributed by atoms with Gasteiger partial charge in [-0.15, -0.1) is 0 Å². The Balaban J connectivity index is 2.30. The number of aromatic nitrogens is 1. The molecule has 3 aliphatic carbocycles. The van der Waals surface area contributed by atoms with E-state index in [0.29, 0.717) is 0 Å². The first-order valence-electron chi connectivity index (χ1n) is 4.04. The lowest BCUT2D eigenvalue weighted by Crippen LogP contribution is -2.08.